The van der Waals surface area contributed by atoms with E-state index in [4.69, 9.17) is 4.74 Å². The lowest BCUT2D eigenvalue weighted by molar-refractivity contribution is 0.354. The van der Waals surface area contributed by atoms with Crippen molar-refractivity contribution in [2.24, 2.45) is 0 Å². The minimum absolute atomic E-state index is 0.686. The molecule has 1 aliphatic rings. The highest BCUT2D eigenvalue weighted by Crippen LogP contribution is 2.36. The number of benzene rings is 1. The number of methoxy groups -OCH3 is 1. The second-order valence-corrected chi connectivity index (χ2v) is 5.53. The summed E-state index contributed by atoms with van der Waals surface area (Å²) in [5.74, 6) is 1.72. The molecular weight excluding hydrogens is 222 g/mol. The van der Waals surface area contributed by atoms with E-state index in [1.807, 2.05) is 0 Å². The van der Waals surface area contributed by atoms with Gasteiger partial charge in [-0.05, 0) is 68.8 Å². The van der Waals surface area contributed by atoms with Crippen molar-refractivity contribution in [3.05, 3.63) is 28.8 Å². The van der Waals surface area contributed by atoms with Crippen LogP contribution in [0.4, 0.5) is 0 Å². The third-order valence-electron chi connectivity index (χ3n) is 4.31. The van der Waals surface area contributed by atoms with Gasteiger partial charge in [0.2, 0.25) is 0 Å². The fourth-order valence-corrected chi connectivity index (χ4v) is 3.21. The maximum atomic E-state index is 5.40. The van der Waals surface area contributed by atoms with Crippen LogP contribution in [-0.4, -0.2) is 20.2 Å². The topological polar surface area (TPSA) is 21.3 Å². The number of hydrogen-bond donors (Lipinski definition) is 1. The molecule has 1 fully saturated rings. The molecule has 0 aromatic heterocycles. The zero-order chi connectivity index (χ0) is 13.1. The molecule has 0 radical (unpaired) electrons. The van der Waals surface area contributed by atoms with Crippen molar-refractivity contribution >= 4 is 0 Å². The van der Waals surface area contributed by atoms with Gasteiger partial charge in [0, 0.05) is 6.04 Å². The second-order valence-electron chi connectivity index (χ2n) is 5.53. The molecule has 0 bridgehead atoms. The smallest absolute Gasteiger partial charge is 0.122 e. The molecule has 2 unspecified atom stereocenters. The van der Waals surface area contributed by atoms with E-state index in [-0.39, 0.29) is 0 Å². The van der Waals surface area contributed by atoms with Crippen molar-refractivity contribution in [3.63, 3.8) is 0 Å². The molecule has 0 heterocycles. The van der Waals surface area contributed by atoms with Crippen LogP contribution >= 0.6 is 0 Å². The summed E-state index contributed by atoms with van der Waals surface area (Å²) in [6, 6.07) is 5.20. The largest absolute Gasteiger partial charge is 0.496 e. The van der Waals surface area contributed by atoms with Crippen LogP contribution in [0, 0.1) is 13.8 Å². The summed E-state index contributed by atoms with van der Waals surface area (Å²) in [6.45, 7) is 4.35. The molecule has 0 aliphatic heterocycles. The third kappa shape index (κ3) is 2.69. The van der Waals surface area contributed by atoms with Gasteiger partial charge in [-0.15, -0.1) is 0 Å². The lowest BCUT2D eigenvalue weighted by Gasteiger charge is -2.30. The molecule has 18 heavy (non-hydrogen) atoms. The Bertz CT molecular complexity index is 414. The van der Waals surface area contributed by atoms with Gasteiger partial charge in [0.15, 0.2) is 0 Å². The molecule has 0 saturated heterocycles. The van der Waals surface area contributed by atoms with E-state index in [1.165, 1.54) is 42.4 Å². The van der Waals surface area contributed by atoms with Gasteiger partial charge in [-0.3, -0.25) is 0 Å². The van der Waals surface area contributed by atoms with Crippen LogP contribution in [0.15, 0.2) is 12.1 Å². The van der Waals surface area contributed by atoms with Gasteiger partial charge in [0.1, 0.15) is 5.75 Å². The maximum Gasteiger partial charge on any atom is 0.122 e. The standard InChI is InChI=1S/C16H25NO/c1-11-9-16(18-4)12(2)8-15(11)13-6-5-7-14(10-13)17-3/h8-9,13-14,17H,5-7,10H2,1-4H3. The van der Waals surface area contributed by atoms with Gasteiger partial charge >= 0.3 is 0 Å². The van der Waals surface area contributed by atoms with E-state index >= 15 is 0 Å². The summed E-state index contributed by atoms with van der Waals surface area (Å²) in [5.41, 5.74) is 4.15. The monoisotopic (exact) mass is 247 g/mol. The van der Waals surface area contributed by atoms with Crippen molar-refractivity contribution < 1.29 is 4.74 Å². The van der Waals surface area contributed by atoms with E-state index in [1.54, 1.807) is 7.11 Å². The fraction of sp³-hybridized carbons (Fsp3) is 0.625. The average Bonchev–Trinajstić information content (AvgIpc) is 2.41. The second kappa shape index (κ2) is 5.75. The summed E-state index contributed by atoms with van der Waals surface area (Å²) in [7, 11) is 3.83. The molecule has 0 spiro atoms. The Morgan fingerprint density at radius 1 is 1.17 bits per heavy atom. The molecule has 1 aromatic rings. The van der Waals surface area contributed by atoms with Crippen molar-refractivity contribution in [1.29, 1.82) is 0 Å². The molecule has 100 valence electrons. The number of rotatable bonds is 3. The van der Waals surface area contributed by atoms with Gasteiger partial charge in [-0.2, -0.15) is 0 Å². The SMILES string of the molecule is CNC1CCCC(c2cc(C)c(OC)cc2C)C1. The molecule has 1 saturated carbocycles. The van der Waals surface area contributed by atoms with Gasteiger partial charge in [0.05, 0.1) is 7.11 Å². The first-order chi connectivity index (χ1) is 8.65. The molecule has 1 N–H and O–H groups in total. The highest BCUT2D eigenvalue weighted by molar-refractivity contribution is 5.43. The first-order valence-electron chi connectivity index (χ1n) is 6.98. The third-order valence-corrected chi connectivity index (χ3v) is 4.31. The zero-order valence-electron chi connectivity index (χ0n) is 12.0. The maximum absolute atomic E-state index is 5.40. The summed E-state index contributed by atoms with van der Waals surface area (Å²) in [6.07, 6.45) is 5.25. The summed E-state index contributed by atoms with van der Waals surface area (Å²) >= 11 is 0. The lowest BCUT2D eigenvalue weighted by Crippen LogP contribution is -2.30. The van der Waals surface area contributed by atoms with Crippen LogP contribution in [0.5, 0.6) is 5.75 Å². The first kappa shape index (κ1) is 13.4. The van der Waals surface area contributed by atoms with Gasteiger partial charge < -0.3 is 10.1 Å². The van der Waals surface area contributed by atoms with E-state index in [9.17, 15) is 0 Å². The lowest BCUT2D eigenvalue weighted by atomic mass is 9.79. The number of ether oxygens (including phenoxy) is 1. The molecular formula is C16H25NO. The van der Waals surface area contributed by atoms with E-state index in [2.05, 4.69) is 38.3 Å². The quantitative estimate of drug-likeness (QED) is 0.882. The Morgan fingerprint density at radius 2 is 1.94 bits per heavy atom. The average molecular weight is 247 g/mol. The summed E-state index contributed by atoms with van der Waals surface area (Å²) < 4.78 is 5.40. The molecule has 1 aromatic carbocycles. The highest BCUT2D eigenvalue weighted by Gasteiger charge is 2.23. The Hall–Kier alpha value is -1.02. The number of aryl methyl sites for hydroxylation is 2. The first-order valence-corrected chi connectivity index (χ1v) is 6.98. The van der Waals surface area contributed by atoms with Gasteiger partial charge in [-0.1, -0.05) is 12.5 Å². The Kier molecular flexibility index (Phi) is 4.28. The molecule has 2 rings (SSSR count). The molecule has 2 atom stereocenters. The van der Waals surface area contributed by atoms with Crippen molar-refractivity contribution in [3.8, 4) is 5.75 Å². The molecule has 1 aliphatic carbocycles. The van der Waals surface area contributed by atoms with Crippen LogP contribution in [0.25, 0.3) is 0 Å². The van der Waals surface area contributed by atoms with E-state index < -0.39 is 0 Å². The minimum atomic E-state index is 0.686. The zero-order valence-corrected chi connectivity index (χ0v) is 12.0. The van der Waals surface area contributed by atoms with Gasteiger partial charge in [0.25, 0.3) is 0 Å². The minimum Gasteiger partial charge on any atom is -0.496 e. The Balaban J connectivity index is 2.24. The Labute approximate surface area is 111 Å². The molecule has 2 heteroatoms. The van der Waals surface area contributed by atoms with Crippen molar-refractivity contribution in [2.75, 3.05) is 14.2 Å². The van der Waals surface area contributed by atoms with E-state index in [0.717, 1.165) is 5.75 Å². The summed E-state index contributed by atoms with van der Waals surface area (Å²) in [5, 5.41) is 3.44. The van der Waals surface area contributed by atoms with Crippen LogP contribution in [0.1, 0.15) is 48.3 Å². The predicted octanol–water partition coefficient (Wildman–Crippen LogP) is 3.56. The normalized spacial score (nSPS) is 24.0. The van der Waals surface area contributed by atoms with Crippen LogP contribution < -0.4 is 10.1 Å². The number of hydrogen-bond acceptors (Lipinski definition) is 2. The van der Waals surface area contributed by atoms with Crippen LogP contribution in [0.2, 0.25) is 0 Å². The van der Waals surface area contributed by atoms with Crippen LogP contribution in [-0.2, 0) is 0 Å². The fourth-order valence-electron chi connectivity index (χ4n) is 3.21. The van der Waals surface area contributed by atoms with Crippen molar-refractivity contribution in [2.45, 2.75) is 51.5 Å². The van der Waals surface area contributed by atoms with Gasteiger partial charge in [-0.25, -0.2) is 0 Å². The number of nitrogens with one attached hydrogen (secondary N) is 1. The van der Waals surface area contributed by atoms with Crippen molar-refractivity contribution in [1.82, 2.24) is 5.32 Å². The highest BCUT2D eigenvalue weighted by atomic mass is 16.5. The molecule has 0 amide bonds. The van der Waals surface area contributed by atoms with Crippen LogP contribution in [0.3, 0.4) is 0 Å². The molecule has 2 nitrogen and oxygen atoms in total. The van der Waals surface area contributed by atoms with E-state index in [0.29, 0.717) is 12.0 Å². The summed E-state index contributed by atoms with van der Waals surface area (Å²) in [4.78, 5) is 0. The Morgan fingerprint density at radius 3 is 2.61 bits per heavy atom. The predicted molar refractivity (Wildman–Crippen MR) is 76.5 cm³/mol.